The van der Waals surface area contributed by atoms with Gasteiger partial charge in [0, 0.05) is 10.6 Å². The van der Waals surface area contributed by atoms with Gasteiger partial charge in [-0.3, -0.25) is 4.79 Å². The van der Waals surface area contributed by atoms with E-state index in [1.54, 1.807) is 31.4 Å². The van der Waals surface area contributed by atoms with E-state index in [-0.39, 0.29) is 5.78 Å². The number of aryl methyl sites for hydroxylation is 1. The van der Waals surface area contributed by atoms with Crippen molar-refractivity contribution >= 4 is 23.0 Å². The molecule has 0 fully saturated rings. The van der Waals surface area contributed by atoms with Crippen molar-refractivity contribution in [3.63, 3.8) is 0 Å². The van der Waals surface area contributed by atoms with Gasteiger partial charge in [0.15, 0.2) is 5.78 Å². The molecule has 2 nitrogen and oxygen atoms in total. The standard InChI is InChI=1S/C13H18O.C8H7ClO.C2H6/c1-9(2)11(4)13-8-12(14-5)7-6-10(13)3;1-6(10)7-2-4-8(9)5-3-7;1-2/h6-8H,1-5H3;2-5H,1H3;1-2H3. The van der Waals surface area contributed by atoms with Gasteiger partial charge in [0.1, 0.15) is 5.75 Å². The van der Waals surface area contributed by atoms with Crippen LogP contribution in [0.25, 0.3) is 5.57 Å². The van der Waals surface area contributed by atoms with E-state index in [4.69, 9.17) is 16.3 Å². The van der Waals surface area contributed by atoms with Crippen molar-refractivity contribution in [1.82, 2.24) is 0 Å². The van der Waals surface area contributed by atoms with E-state index in [2.05, 4.69) is 39.8 Å². The highest BCUT2D eigenvalue weighted by Crippen LogP contribution is 2.25. The van der Waals surface area contributed by atoms with Crippen LogP contribution >= 0.6 is 11.6 Å². The van der Waals surface area contributed by atoms with Gasteiger partial charge in [-0.25, -0.2) is 0 Å². The largest absolute Gasteiger partial charge is 0.497 e. The van der Waals surface area contributed by atoms with Gasteiger partial charge in [-0.2, -0.15) is 0 Å². The van der Waals surface area contributed by atoms with Gasteiger partial charge in [-0.05, 0) is 87.7 Å². The SMILES string of the molecule is CC.CC(=O)c1ccc(Cl)cc1.COc1ccc(C)c(C(C)=C(C)C)c1. The molecule has 2 rings (SSSR count). The van der Waals surface area contributed by atoms with Crippen LogP contribution in [0.3, 0.4) is 0 Å². The maximum Gasteiger partial charge on any atom is 0.159 e. The molecule has 0 unspecified atom stereocenters. The van der Waals surface area contributed by atoms with Crippen LogP contribution in [-0.2, 0) is 0 Å². The van der Waals surface area contributed by atoms with Gasteiger partial charge in [-0.1, -0.05) is 37.1 Å². The number of Topliss-reactive ketones (excluding diaryl/α,β-unsaturated/α-hetero) is 1. The van der Waals surface area contributed by atoms with Crippen molar-refractivity contribution in [3.8, 4) is 5.75 Å². The van der Waals surface area contributed by atoms with Crippen LogP contribution < -0.4 is 4.74 Å². The second-order valence-corrected chi connectivity index (χ2v) is 6.31. The average molecular weight is 375 g/mol. The lowest BCUT2D eigenvalue weighted by Gasteiger charge is -2.10. The Morgan fingerprint density at radius 1 is 0.923 bits per heavy atom. The number of carbonyl (C=O) groups is 1. The topological polar surface area (TPSA) is 26.3 Å². The zero-order valence-electron chi connectivity index (χ0n) is 17.2. The van der Waals surface area contributed by atoms with Crippen molar-refractivity contribution in [3.05, 3.63) is 69.8 Å². The molecule has 0 atom stereocenters. The van der Waals surface area contributed by atoms with Gasteiger partial charge in [0.05, 0.1) is 7.11 Å². The highest BCUT2D eigenvalue weighted by Gasteiger charge is 2.03. The summed E-state index contributed by atoms with van der Waals surface area (Å²) in [5.41, 5.74) is 5.96. The number of rotatable bonds is 3. The third-order valence-electron chi connectivity index (χ3n) is 3.85. The molecule has 0 heterocycles. The number of carbonyl (C=O) groups excluding carboxylic acids is 1. The Morgan fingerprint density at radius 3 is 1.88 bits per heavy atom. The molecule has 0 saturated heterocycles. The molecule has 0 aliphatic rings. The maximum absolute atomic E-state index is 10.7. The van der Waals surface area contributed by atoms with E-state index < -0.39 is 0 Å². The van der Waals surface area contributed by atoms with Gasteiger partial charge in [0.25, 0.3) is 0 Å². The van der Waals surface area contributed by atoms with E-state index in [1.807, 2.05) is 19.9 Å². The van der Waals surface area contributed by atoms with Crippen LogP contribution in [0.5, 0.6) is 5.75 Å². The molecular formula is C23H31ClO2. The Hall–Kier alpha value is -2.06. The summed E-state index contributed by atoms with van der Waals surface area (Å²) in [6.45, 7) is 14.1. The van der Waals surface area contributed by atoms with Crippen molar-refractivity contribution < 1.29 is 9.53 Å². The number of hydrogen-bond acceptors (Lipinski definition) is 2. The van der Waals surface area contributed by atoms with Gasteiger partial charge >= 0.3 is 0 Å². The summed E-state index contributed by atoms with van der Waals surface area (Å²) < 4.78 is 5.22. The number of benzene rings is 2. The summed E-state index contributed by atoms with van der Waals surface area (Å²) in [6, 6.07) is 13.0. The molecule has 3 heteroatoms. The zero-order valence-corrected chi connectivity index (χ0v) is 18.0. The number of hydrogen-bond donors (Lipinski definition) is 0. The monoisotopic (exact) mass is 374 g/mol. The van der Waals surface area contributed by atoms with Crippen LogP contribution in [0.2, 0.25) is 5.02 Å². The lowest BCUT2D eigenvalue weighted by molar-refractivity contribution is 0.101. The molecule has 0 aliphatic heterocycles. The molecule has 0 amide bonds. The summed E-state index contributed by atoms with van der Waals surface area (Å²) >= 11 is 5.61. The van der Waals surface area contributed by atoms with Crippen LogP contribution in [0.1, 0.15) is 63.0 Å². The Bertz CT molecular complexity index is 724. The molecule has 0 radical (unpaired) electrons. The lowest BCUT2D eigenvalue weighted by atomic mass is 9.98. The molecule has 2 aromatic carbocycles. The summed E-state index contributed by atoms with van der Waals surface area (Å²) in [5.74, 6) is 0.989. The minimum absolute atomic E-state index is 0.0664. The third kappa shape index (κ3) is 7.88. The molecule has 0 spiro atoms. The van der Waals surface area contributed by atoms with E-state index in [9.17, 15) is 4.79 Å². The fourth-order valence-electron chi connectivity index (χ4n) is 2.09. The Kier molecular flexibility index (Phi) is 11.3. The number of halogens is 1. The Balaban J connectivity index is 0.000000458. The smallest absolute Gasteiger partial charge is 0.159 e. The van der Waals surface area contributed by atoms with Gasteiger partial charge in [-0.15, -0.1) is 0 Å². The Morgan fingerprint density at radius 2 is 1.46 bits per heavy atom. The first-order chi connectivity index (χ1) is 12.3. The van der Waals surface area contributed by atoms with Crippen LogP contribution in [0.15, 0.2) is 48.0 Å². The highest BCUT2D eigenvalue weighted by atomic mass is 35.5. The van der Waals surface area contributed by atoms with Gasteiger partial charge in [0.2, 0.25) is 0 Å². The molecule has 0 aromatic heterocycles. The molecule has 0 bridgehead atoms. The van der Waals surface area contributed by atoms with E-state index in [0.29, 0.717) is 10.6 Å². The van der Waals surface area contributed by atoms with Crippen LogP contribution in [-0.4, -0.2) is 12.9 Å². The fraction of sp³-hybridized carbons (Fsp3) is 0.348. The van der Waals surface area contributed by atoms with Crippen molar-refractivity contribution in [2.24, 2.45) is 0 Å². The van der Waals surface area contributed by atoms with E-state index >= 15 is 0 Å². The predicted octanol–water partition coefficient (Wildman–Crippen LogP) is 7.39. The van der Waals surface area contributed by atoms with E-state index in [1.165, 1.54) is 29.2 Å². The Labute approximate surface area is 163 Å². The summed E-state index contributed by atoms with van der Waals surface area (Å²) in [5, 5.41) is 0.657. The first-order valence-corrected chi connectivity index (χ1v) is 9.19. The minimum atomic E-state index is 0.0664. The van der Waals surface area contributed by atoms with Gasteiger partial charge < -0.3 is 4.74 Å². The van der Waals surface area contributed by atoms with E-state index in [0.717, 1.165) is 5.75 Å². The molecule has 26 heavy (non-hydrogen) atoms. The second kappa shape index (κ2) is 12.3. The van der Waals surface area contributed by atoms with Crippen molar-refractivity contribution in [2.75, 3.05) is 7.11 Å². The van der Waals surface area contributed by atoms with Crippen LogP contribution in [0.4, 0.5) is 0 Å². The molecule has 0 N–H and O–H groups in total. The second-order valence-electron chi connectivity index (χ2n) is 5.87. The number of methoxy groups -OCH3 is 1. The fourth-order valence-corrected chi connectivity index (χ4v) is 2.21. The van der Waals surface area contributed by atoms with Crippen molar-refractivity contribution in [2.45, 2.75) is 48.5 Å². The summed E-state index contributed by atoms with van der Waals surface area (Å²) in [7, 11) is 1.70. The molecule has 0 aliphatic carbocycles. The quantitative estimate of drug-likeness (QED) is 0.523. The lowest BCUT2D eigenvalue weighted by Crippen LogP contribution is -1.90. The average Bonchev–Trinajstić information content (AvgIpc) is 2.64. The third-order valence-corrected chi connectivity index (χ3v) is 4.10. The molecule has 0 saturated carbocycles. The maximum atomic E-state index is 10.7. The first kappa shape index (κ1) is 23.9. The van der Waals surface area contributed by atoms with Crippen molar-refractivity contribution in [1.29, 1.82) is 0 Å². The zero-order chi connectivity index (χ0) is 20.3. The summed E-state index contributed by atoms with van der Waals surface area (Å²) in [6.07, 6.45) is 0. The highest BCUT2D eigenvalue weighted by molar-refractivity contribution is 6.30. The summed E-state index contributed by atoms with van der Waals surface area (Å²) in [4.78, 5) is 10.7. The molecular weight excluding hydrogens is 344 g/mol. The molecule has 2 aromatic rings. The number of allylic oxidation sites excluding steroid dienone is 2. The number of ether oxygens (including phenoxy) is 1. The number of ketones is 1. The van der Waals surface area contributed by atoms with Crippen LogP contribution in [0, 0.1) is 6.92 Å². The first-order valence-electron chi connectivity index (χ1n) is 8.81. The molecule has 142 valence electrons. The predicted molar refractivity (Wildman–Crippen MR) is 114 cm³/mol. The normalized spacial score (nSPS) is 9.12. The minimum Gasteiger partial charge on any atom is -0.497 e.